The van der Waals surface area contributed by atoms with E-state index in [0.717, 1.165) is 5.56 Å². The van der Waals surface area contributed by atoms with Gasteiger partial charge in [-0.1, -0.05) is 17.3 Å². The molecule has 0 saturated heterocycles. The van der Waals surface area contributed by atoms with Gasteiger partial charge >= 0.3 is 0 Å². The molecule has 6 nitrogen and oxygen atoms in total. The second-order valence-electron chi connectivity index (χ2n) is 4.00. The van der Waals surface area contributed by atoms with Crippen molar-refractivity contribution in [1.82, 2.24) is 20.1 Å². The van der Waals surface area contributed by atoms with Crippen LogP contribution in [0.15, 0.2) is 47.2 Å². The highest BCUT2D eigenvalue weighted by Crippen LogP contribution is 2.16. The van der Waals surface area contributed by atoms with Crippen molar-refractivity contribution in [2.24, 2.45) is 0 Å². The molecule has 3 rings (SSSR count). The number of anilines is 1. The molecule has 0 spiro atoms. The Labute approximate surface area is 109 Å². The molecule has 0 fully saturated rings. The van der Waals surface area contributed by atoms with Gasteiger partial charge in [0.05, 0.1) is 0 Å². The Balaban J connectivity index is 1.84. The lowest BCUT2D eigenvalue weighted by Crippen LogP contribution is -1.93. The van der Waals surface area contributed by atoms with Crippen LogP contribution in [0.2, 0.25) is 0 Å². The normalized spacial score (nSPS) is 10.5. The molecule has 3 aromatic rings. The Morgan fingerprint density at radius 1 is 1.11 bits per heavy atom. The summed E-state index contributed by atoms with van der Waals surface area (Å²) >= 11 is 0. The molecule has 0 saturated carbocycles. The average Bonchev–Trinajstić information content (AvgIpc) is 2.88. The molecule has 0 aromatic carbocycles. The Kier molecular flexibility index (Phi) is 2.89. The van der Waals surface area contributed by atoms with E-state index in [0.29, 0.717) is 29.6 Å². The van der Waals surface area contributed by atoms with Gasteiger partial charge in [0.1, 0.15) is 11.5 Å². The van der Waals surface area contributed by atoms with Crippen molar-refractivity contribution in [2.75, 3.05) is 5.73 Å². The number of rotatable bonds is 3. The van der Waals surface area contributed by atoms with Gasteiger partial charge in [-0.3, -0.25) is 4.98 Å². The van der Waals surface area contributed by atoms with Gasteiger partial charge in [-0.2, -0.15) is 4.98 Å². The molecule has 0 aliphatic heterocycles. The van der Waals surface area contributed by atoms with Gasteiger partial charge in [0.15, 0.2) is 5.82 Å². The van der Waals surface area contributed by atoms with E-state index in [-0.39, 0.29) is 0 Å². The molecule has 0 unspecified atom stereocenters. The van der Waals surface area contributed by atoms with Crippen molar-refractivity contribution in [3.8, 4) is 11.6 Å². The van der Waals surface area contributed by atoms with Crippen molar-refractivity contribution in [1.29, 1.82) is 0 Å². The summed E-state index contributed by atoms with van der Waals surface area (Å²) in [6.45, 7) is 0. The van der Waals surface area contributed by atoms with Crippen LogP contribution in [-0.4, -0.2) is 20.1 Å². The fraction of sp³-hybridized carbons (Fsp3) is 0.0769. The van der Waals surface area contributed by atoms with Gasteiger partial charge in [-0.15, -0.1) is 0 Å². The first-order chi connectivity index (χ1) is 9.31. The van der Waals surface area contributed by atoms with E-state index in [2.05, 4.69) is 20.1 Å². The number of hydrogen-bond acceptors (Lipinski definition) is 6. The fourth-order valence-corrected chi connectivity index (χ4v) is 1.69. The summed E-state index contributed by atoms with van der Waals surface area (Å²) in [7, 11) is 0. The Bertz CT molecular complexity index is 680. The highest BCUT2D eigenvalue weighted by atomic mass is 16.5. The number of nitrogens with two attached hydrogens (primary N) is 1. The van der Waals surface area contributed by atoms with Crippen LogP contribution >= 0.6 is 0 Å². The van der Waals surface area contributed by atoms with Crippen molar-refractivity contribution >= 4 is 5.82 Å². The van der Waals surface area contributed by atoms with E-state index in [4.69, 9.17) is 10.3 Å². The predicted octanol–water partition coefficient (Wildman–Crippen LogP) is 1.70. The standard InChI is InChI=1S/C13H11N5O/c14-11-5-1-4-10(16-11)13-17-12(18-19-13)7-9-3-2-6-15-8-9/h1-6,8H,7H2,(H2,14,16). The van der Waals surface area contributed by atoms with E-state index in [1.54, 1.807) is 30.6 Å². The minimum Gasteiger partial charge on any atom is -0.384 e. The van der Waals surface area contributed by atoms with Crippen LogP contribution in [0.3, 0.4) is 0 Å². The summed E-state index contributed by atoms with van der Waals surface area (Å²) in [6, 6.07) is 9.11. The topological polar surface area (TPSA) is 90.7 Å². The van der Waals surface area contributed by atoms with Crippen molar-refractivity contribution in [3.05, 3.63) is 54.1 Å². The molecule has 0 aliphatic carbocycles. The van der Waals surface area contributed by atoms with Gasteiger partial charge in [0, 0.05) is 18.8 Å². The second-order valence-corrected chi connectivity index (χ2v) is 4.00. The van der Waals surface area contributed by atoms with Gasteiger partial charge in [0.2, 0.25) is 0 Å². The van der Waals surface area contributed by atoms with E-state index < -0.39 is 0 Å². The molecule has 0 radical (unpaired) electrons. The minimum absolute atomic E-state index is 0.367. The fourth-order valence-electron chi connectivity index (χ4n) is 1.69. The van der Waals surface area contributed by atoms with Gasteiger partial charge in [-0.05, 0) is 23.8 Å². The number of aromatic nitrogens is 4. The molecule has 3 heterocycles. The SMILES string of the molecule is Nc1cccc(-c2nc(Cc3cccnc3)no2)n1. The van der Waals surface area contributed by atoms with Crippen LogP contribution in [0.4, 0.5) is 5.82 Å². The lowest BCUT2D eigenvalue weighted by Gasteiger charge is -1.95. The maximum absolute atomic E-state index is 5.62. The van der Waals surface area contributed by atoms with Gasteiger partial charge < -0.3 is 10.3 Å². The highest BCUT2D eigenvalue weighted by Gasteiger charge is 2.10. The maximum atomic E-state index is 5.62. The lowest BCUT2D eigenvalue weighted by atomic mass is 10.2. The minimum atomic E-state index is 0.367. The third-order valence-corrected chi connectivity index (χ3v) is 2.54. The summed E-state index contributed by atoms with van der Waals surface area (Å²) < 4.78 is 5.18. The predicted molar refractivity (Wildman–Crippen MR) is 69.0 cm³/mol. The number of nitrogen functional groups attached to an aromatic ring is 1. The molecular weight excluding hydrogens is 242 g/mol. The first-order valence-electron chi connectivity index (χ1n) is 5.75. The van der Waals surface area contributed by atoms with E-state index in [1.165, 1.54) is 0 Å². The average molecular weight is 253 g/mol. The summed E-state index contributed by atoms with van der Waals surface area (Å²) in [5.74, 6) is 1.38. The summed E-state index contributed by atoms with van der Waals surface area (Å²) in [5.41, 5.74) is 7.21. The first-order valence-corrected chi connectivity index (χ1v) is 5.75. The summed E-state index contributed by atoms with van der Waals surface area (Å²) in [5, 5.41) is 3.92. The summed E-state index contributed by atoms with van der Waals surface area (Å²) in [4.78, 5) is 12.5. The van der Waals surface area contributed by atoms with Crippen molar-refractivity contribution < 1.29 is 4.52 Å². The number of pyridine rings is 2. The Morgan fingerprint density at radius 2 is 2.05 bits per heavy atom. The third-order valence-electron chi connectivity index (χ3n) is 2.54. The molecule has 19 heavy (non-hydrogen) atoms. The van der Waals surface area contributed by atoms with E-state index in [1.807, 2.05) is 12.1 Å². The molecule has 94 valence electrons. The highest BCUT2D eigenvalue weighted by molar-refractivity contribution is 5.50. The van der Waals surface area contributed by atoms with E-state index in [9.17, 15) is 0 Å². The molecule has 0 amide bonds. The smallest absolute Gasteiger partial charge is 0.276 e. The Hall–Kier alpha value is -2.76. The third kappa shape index (κ3) is 2.57. The van der Waals surface area contributed by atoms with Crippen molar-refractivity contribution in [3.63, 3.8) is 0 Å². The van der Waals surface area contributed by atoms with Crippen LogP contribution in [0.25, 0.3) is 11.6 Å². The largest absolute Gasteiger partial charge is 0.384 e. The first kappa shape index (κ1) is 11.3. The molecule has 2 N–H and O–H groups in total. The second kappa shape index (κ2) is 4.85. The number of hydrogen-bond donors (Lipinski definition) is 1. The van der Waals surface area contributed by atoms with Gasteiger partial charge in [0.25, 0.3) is 5.89 Å². The molecule has 3 aromatic heterocycles. The zero-order valence-corrected chi connectivity index (χ0v) is 10.0. The molecular formula is C13H11N5O. The van der Waals surface area contributed by atoms with Crippen LogP contribution < -0.4 is 5.73 Å². The summed E-state index contributed by atoms with van der Waals surface area (Å²) in [6.07, 6.45) is 4.07. The van der Waals surface area contributed by atoms with Crippen LogP contribution in [0.5, 0.6) is 0 Å². The lowest BCUT2D eigenvalue weighted by molar-refractivity contribution is 0.422. The molecule has 0 atom stereocenters. The zero-order chi connectivity index (χ0) is 13.1. The molecule has 0 bridgehead atoms. The van der Waals surface area contributed by atoms with Crippen molar-refractivity contribution in [2.45, 2.75) is 6.42 Å². The molecule has 0 aliphatic rings. The zero-order valence-electron chi connectivity index (χ0n) is 10.0. The molecule has 6 heteroatoms. The van der Waals surface area contributed by atoms with Crippen LogP contribution in [0.1, 0.15) is 11.4 Å². The maximum Gasteiger partial charge on any atom is 0.276 e. The van der Waals surface area contributed by atoms with Crippen LogP contribution in [0, 0.1) is 0 Å². The Morgan fingerprint density at radius 3 is 2.84 bits per heavy atom. The monoisotopic (exact) mass is 253 g/mol. The van der Waals surface area contributed by atoms with Crippen LogP contribution in [-0.2, 0) is 6.42 Å². The van der Waals surface area contributed by atoms with E-state index >= 15 is 0 Å². The van der Waals surface area contributed by atoms with Gasteiger partial charge in [-0.25, -0.2) is 4.98 Å². The number of nitrogens with zero attached hydrogens (tertiary/aromatic N) is 4. The quantitative estimate of drug-likeness (QED) is 0.763.